The van der Waals surface area contributed by atoms with Crippen molar-refractivity contribution >= 4 is 46.5 Å². The van der Waals surface area contributed by atoms with Gasteiger partial charge in [0, 0.05) is 31.9 Å². The molecule has 0 saturated carbocycles. The van der Waals surface area contributed by atoms with Crippen LogP contribution in [0, 0.1) is 5.82 Å². The van der Waals surface area contributed by atoms with E-state index in [4.69, 9.17) is 21.7 Å². The van der Waals surface area contributed by atoms with Gasteiger partial charge < -0.3 is 19.7 Å². The standard InChI is InChI=1S/C26H29FN4O5S/c1-2-36-25(34)18-3-7-20(8-4-18)28-23(32)17-22-24(33)31(21-9-5-19(27)6-10-21)26(37)30(22)12-11-29-13-15-35-16-14-29/h3-10,22H,2,11-17H2,1H3,(H,28,32)/t22-/m1/s1. The topological polar surface area (TPSA) is 91.4 Å². The zero-order chi connectivity index (χ0) is 26.4. The van der Waals surface area contributed by atoms with Crippen LogP contribution >= 0.6 is 12.2 Å². The van der Waals surface area contributed by atoms with Gasteiger partial charge in [0.05, 0.1) is 37.5 Å². The quantitative estimate of drug-likeness (QED) is 0.393. The lowest BCUT2D eigenvalue weighted by Crippen LogP contribution is -2.45. The van der Waals surface area contributed by atoms with Gasteiger partial charge in [-0.05, 0) is 67.7 Å². The van der Waals surface area contributed by atoms with E-state index in [0.29, 0.717) is 43.2 Å². The van der Waals surface area contributed by atoms with Crippen molar-refractivity contribution in [2.45, 2.75) is 19.4 Å². The van der Waals surface area contributed by atoms with E-state index in [1.54, 1.807) is 36.1 Å². The Kier molecular flexibility index (Phi) is 8.80. The number of ether oxygens (including phenoxy) is 2. The normalized spacial score (nSPS) is 18.3. The molecule has 0 bridgehead atoms. The summed E-state index contributed by atoms with van der Waals surface area (Å²) in [5.74, 6) is -1.58. The summed E-state index contributed by atoms with van der Waals surface area (Å²) < 4.78 is 23.9. The third-order valence-electron chi connectivity index (χ3n) is 6.22. The third-order valence-corrected chi connectivity index (χ3v) is 6.64. The molecule has 9 nitrogen and oxygen atoms in total. The molecule has 2 amide bonds. The number of benzene rings is 2. The fourth-order valence-electron chi connectivity index (χ4n) is 4.28. The fourth-order valence-corrected chi connectivity index (χ4v) is 4.69. The lowest BCUT2D eigenvalue weighted by molar-refractivity contribution is -0.124. The van der Waals surface area contributed by atoms with Crippen molar-refractivity contribution in [3.05, 3.63) is 59.9 Å². The molecule has 0 spiro atoms. The highest BCUT2D eigenvalue weighted by Crippen LogP contribution is 2.28. The van der Waals surface area contributed by atoms with Crippen LogP contribution in [0.1, 0.15) is 23.7 Å². The van der Waals surface area contributed by atoms with E-state index >= 15 is 0 Å². The Morgan fingerprint density at radius 1 is 1.08 bits per heavy atom. The van der Waals surface area contributed by atoms with Crippen LogP contribution in [0.3, 0.4) is 0 Å². The minimum atomic E-state index is -0.808. The van der Waals surface area contributed by atoms with Crippen molar-refractivity contribution in [3.63, 3.8) is 0 Å². The molecule has 2 aromatic rings. The van der Waals surface area contributed by atoms with Gasteiger partial charge in [0.15, 0.2) is 5.11 Å². The van der Waals surface area contributed by atoms with E-state index in [1.807, 2.05) is 0 Å². The number of hydrogen-bond donors (Lipinski definition) is 1. The molecule has 11 heteroatoms. The van der Waals surface area contributed by atoms with Gasteiger partial charge in [-0.1, -0.05) is 0 Å². The van der Waals surface area contributed by atoms with Crippen molar-refractivity contribution in [1.82, 2.24) is 9.80 Å². The molecule has 2 heterocycles. The summed E-state index contributed by atoms with van der Waals surface area (Å²) in [7, 11) is 0. The number of nitrogens with zero attached hydrogens (tertiary/aromatic N) is 3. The lowest BCUT2D eigenvalue weighted by atomic mass is 10.1. The Morgan fingerprint density at radius 3 is 2.41 bits per heavy atom. The number of amides is 2. The molecule has 1 N–H and O–H groups in total. The summed E-state index contributed by atoms with van der Waals surface area (Å²) in [6.07, 6.45) is -0.126. The SMILES string of the molecule is CCOC(=O)c1ccc(NC(=O)C[C@@H]2C(=O)N(c3ccc(F)cc3)C(=S)N2CCN2CCOCC2)cc1. The van der Waals surface area contributed by atoms with Gasteiger partial charge in [-0.2, -0.15) is 0 Å². The fraction of sp³-hybridized carbons (Fsp3) is 0.385. The Balaban J connectivity index is 1.47. The first-order chi connectivity index (χ1) is 17.9. The number of thiocarbonyl (C=S) groups is 1. The highest BCUT2D eigenvalue weighted by Gasteiger charge is 2.44. The second-order valence-electron chi connectivity index (χ2n) is 8.65. The van der Waals surface area contributed by atoms with E-state index in [2.05, 4.69) is 10.2 Å². The molecular weight excluding hydrogens is 499 g/mol. The van der Waals surface area contributed by atoms with Crippen LogP contribution in [0.5, 0.6) is 0 Å². The van der Waals surface area contributed by atoms with E-state index in [1.165, 1.54) is 29.2 Å². The lowest BCUT2D eigenvalue weighted by Gasteiger charge is -2.30. The Hall–Kier alpha value is -3.41. The van der Waals surface area contributed by atoms with Crippen molar-refractivity contribution in [3.8, 4) is 0 Å². The number of anilines is 2. The molecule has 2 aliphatic heterocycles. The van der Waals surface area contributed by atoms with E-state index in [-0.39, 0.29) is 30.0 Å². The Bertz CT molecular complexity index is 1140. The molecule has 0 unspecified atom stereocenters. The molecular formula is C26H29FN4O5S. The van der Waals surface area contributed by atoms with Crippen LogP contribution in [0.15, 0.2) is 48.5 Å². The maximum atomic E-state index is 13.5. The summed E-state index contributed by atoms with van der Waals surface area (Å²) in [5, 5.41) is 3.06. The van der Waals surface area contributed by atoms with Crippen LogP contribution in [0.4, 0.5) is 15.8 Å². The molecule has 4 rings (SSSR count). The average molecular weight is 529 g/mol. The first-order valence-electron chi connectivity index (χ1n) is 12.1. The number of halogens is 1. The molecule has 2 aliphatic rings. The van der Waals surface area contributed by atoms with Gasteiger partial charge in [-0.15, -0.1) is 0 Å². The smallest absolute Gasteiger partial charge is 0.338 e. The van der Waals surface area contributed by atoms with Crippen LogP contribution in [0.25, 0.3) is 0 Å². The molecule has 196 valence electrons. The van der Waals surface area contributed by atoms with E-state index < -0.39 is 17.8 Å². The highest BCUT2D eigenvalue weighted by atomic mass is 32.1. The molecule has 2 fully saturated rings. The number of hydrogen-bond acceptors (Lipinski definition) is 7. The van der Waals surface area contributed by atoms with Gasteiger partial charge in [-0.3, -0.25) is 19.4 Å². The summed E-state index contributed by atoms with van der Waals surface area (Å²) in [6, 6.07) is 11.0. The molecule has 1 atom stereocenters. The predicted molar refractivity (Wildman–Crippen MR) is 140 cm³/mol. The third kappa shape index (κ3) is 6.48. The average Bonchev–Trinajstić information content (AvgIpc) is 3.12. The Morgan fingerprint density at radius 2 is 1.76 bits per heavy atom. The summed E-state index contributed by atoms with van der Waals surface area (Å²) in [5.41, 5.74) is 1.31. The highest BCUT2D eigenvalue weighted by molar-refractivity contribution is 7.80. The van der Waals surface area contributed by atoms with Crippen LogP contribution in [-0.2, 0) is 19.1 Å². The van der Waals surface area contributed by atoms with Crippen molar-refractivity contribution in [2.75, 3.05) is 56.2 Å². The van der Waals surface area contributed by atoms with Crippen molar-refractivity contribution in [1.29, 1.82) is 0 Å². The predicted octanol–water partition coefficient (Wildman–Crippen LogP) is 2.67. The van der Waals surface area contributed by atoms with E-state index in [0.717, 1.165) is 13.1 Å². The molecule has 37 heavy (non-hydrogen) atoms. The van der Waals surface area contributed by atoms with Crippen LogP contribution in [-0.4, -0.2) is 84.7 Å². The van der Waals surface area contributed by atoms with Crippen LogP contribution < -0.4 is 10.2 Å². The molecule has 0 aliphatic carbocycles. The largest absolute Gasteiger partial charge is 0.462 e. The molecule has 2 aromatic carbocycles. The molecule has 0 aromatic heterocycles. The number of esters is 1. The first kappa shape index (κ1) is 26.6. The number of nitrogens with one attached hydrogen (secondary N) is 1. The zero-order valence-corrected chi connectivity index (χ0v) is 21.3. The maximum Gasteiger partial charge on any atom is 0.338 e. The Labute approximate surface area is 220 Å². The van der Waals surface area contributed by atoms with Gasteiger partial charge in [0.25, 0.3) is 5.91 Å². The van der Waals surface area contributed by atoms with Gasteiger partial charge in [0.1, 0.15) is 11.9 Å². The van der Waals surface area contributed by atoms with Gasteiger partial charge in [-0.25, -0.2) is 9.18 Å². The molecule has 2 saturated heterocycles. The number of carbonyl (C=O) groups is 3. The molecule has 0 radical (unpaired) electrons. The monoisotopic (exact) mass is 528 g/mol. The van der Waals surface area contributed by atoms with Gasteiger partial charge in [0.2, 0.25) is 5.91 Å². The van der Waals surface area contributed by atoms with Crippen LogP contribution in [0.2, 0.25) is 0 Å². The maximum absolute atomic E-state index is 13.5. The zero-order valence-electron chi connectivity index (χ0n) is 20.5. The van der Waals surface area contributed by atoms with Gasteiger partial charge >= 0.3 is 5.97 Å². The van der Waals surface area contributed by atoms with Crippen molar-refractivity contribution < 1.29 is 28.2 Å². The minimum Gasteiger partial charge on any atom is -0.462 e. The second-order valence-corrected chi connectivity index (χ2v) is 9.01. The van der Waals surface area contributed by atoms with Crippen molar-refractivity contribution in [2.24, 2.45) is 0 Å². The number of rotatable bonds is 9. The summed E-state index contributed by atoms with van der Waals surface area (Å²) in [6.45, 7) is 5.95. The summed E-state index contributed by atoms with van der Waals surface area (Å²) >= 11 is 5.66. The van der Waals surface area contributed by atoms with E-state index in [9.17, 15) is 18.8 Å². The number of morpholine rings is 1. The number of carbonyl (C=O) groups excluding carboxylic acids is 3. The summed E-state index contributed by atoms with van der Waals surface area (Å²) in [4.78, 5) is 43.6. The minimum absolute atomic E-state index is 0.126. The first-order valence-corrected chi connectivity index (χ1v) is 12.6. The second kappa shape index (κ2) is 12.2.